The highest BCUT2D eigenvalue weighted by Crippen LogP contribution is 2.32. The molecule has 0 unspecified atom stereocenters. The summed E-state index contributed by atoms with van der Waals surface area (Å²) < 4.78 is 16.8. The molecule has 1 heterocycles. The van der Waals surface area contributed by atoms with Gasteiger partial charge in [0.15, 0.2) is 6.20 Å². The predicted molar refractivity (Wildman–Crippen MR) is 122 cm³/mol. The second-order valence-corrected chi connectivity index (χ2v) is 14.1. The number of aromatic nitrogens is 1. The lowest BCUT2D eigenvalue weighted by molar-refractivity contribution is -0.659. The zero-order valence-corrected chi connectivity index (χ0v) is 19.6. The van der Waals surface area contributed by atoms with Gasteiger partial charge in [0.25, 0.3) is 0 Å². The number of nitrogens with zero attached hydrogens (tertiary/aromatic N) is 1. The molecule has 0 radical (unpaired) electrons. The first kappa shape index (κ1) is 20.7. The van der Waals surface area contributed by atoms with E-state index in [0.717, 1.165) is 22.3 Å². The molecule has 3 heteroatoms. The highest BCUT2D eigenvalue weighted by molar-refractivity contribution is 6.91. The van der Waals surface area contributed by atoms with E-state index in [1.165, 1.54) is 21.7 Å². The average molecular weight is 395 g/mol. The van der Waals surface area contributed by atoms with Crippen molar-refractivity contribution in [2.45, 2.75) is 59.7 Å². The predicted octanol–water partition coefficient (Wildman–Crippen LogP) is 5.98. The summed E-state index contributed by atoms with van der Waals surface area (Å²) in [6.45, 7) is 15.5. The first-order valence-electron chi connectivity index (χ1n) is 10.3. The number of rotatable bonds is 4. The van der Waals surface area contributed by atoms with Crippen molar-refractivity contribution in [2.75, 3.05) is 0 Å². The van der Waals surface area contributed by atoms with Gasteiger partial charge >= 0.3 is 0 Å². The Bertz CT molecular complexity index is 1050. The van der Waals surface area contributed by atoms with Crippen LogP contribution in [-0.4, -0.2) is 8.07 Å². The van der Waals surface area contributed by atoms with E-state index in [1.54, 1.807) is 0 Å². The highest BCUT2D eigenvalue weighted by Gasteiger charge is 2.28. The first-order chi connectivity index (χ1) is 13.1. The van der Waals surface area contributed by atoms with Crippen LogP contribution < -0.4 is 9.75 Å². The van der Waals surface area contributed by atoms with Gasteiger partial charge in [-0.1, -0.05) is 51.2 Å². The molecule has 0 spiro atoms. The van der Waals surface area contributed by atoms with Gasteiger partial charge in [-0.05, 0) is 60.0 Å². The zero-order chi connectivity index (χ0) is 20.8. The molecular weight excluding hydrogens is 361 g/mol. The molecule has 0 fully saturated rings. The lowest BCUT2D eigenvalue weighted by atomic mass is 9.93. The maximum atomic E-state index is 14.6. The normalized spacial score (nSPS) is 12.2. The molecule has 3 rings (SSSR count). The van der Waals surface area contributed by atoms with Gasteiger partial charge < -0.3 is 0 Å². The van der Waals surface area contributed by atoms with Crippen LogP contribution in [0.5, 0.6) is 0 Å². The second-order valence-electron chi connectivity index (χ2n) is 8.95. The van der Waals surface area contributed by atoms with Crippen LogP contribution in [0.4, 0.5) is 4.39 Å². The van der Waals surface area contributed by atoms with E-state index in [0.29, 0.717) is 12.0 Å². The maximum absolute atomic E-state index is 14.6. The van der Waals surface area contributed by atoms with Gasteiger partial charge in [0.1, 0.15) is 12.9 Å². The number of halogens is 1. The van der Waals surface area contributed by atoms with Crippen LogP contribution in [0.25, 0.3) is 22.0 Å². The van der Waals surface area contributed by atoms with E-state index in [1.807, 2.05) is 26.8 Å². The number of fused-ring (bicyclic) bond motifs is 1. The van der Waals surface area contributed by atoms with Gasteiger partial charge in [-0.25, -0.2) is 8.96 Å². The zero-order valence-electron chi connectivity index (χ0n) is 18.6. The van der Waals surface area contributed by atoms with E-state index in [4.69, 9.17) is 0 Å². The number of pyridine rings is 1. The fourth-order valence-corrected chi connectivity index (χ4v) is 5.61. The molecule has 3 aromatic rings. The minimum atomic E-state index is -1.48. The Kier molecular flexibility index (Phi) is 5.50. The van der Waals surface area contributed by atoms with Crippen molar-refractivity contribution in [3.8, 4) is 11.3 Å². The lowest BCUT2D eigenvalue weighted by Crippen LogP contribution is -2.44. The van der Waals surface area contributed by atoms with Crippen molar-refractivity contribution in [3.05, 3.63) is 59.0 Å². The Hall–Kier alpha value is -2.00. The molecule has 1 aromatic heterocycles. The summed E-state index contributed by atoms with van der Waals surface area (Å²) in [6, 6.07) is 11.2. The Morgan fingerprint density at radius 1 is 1.04 bits per heavy atom. The van der Waals surface area contributed by atoms with Gasteiger partial charge in [-0.2, -0.15) is 0 Å². The van der Waals surface area contributed by atoms with E-state index in [-0.39, 0.29) is 5.82 Å². The summed E-state index contributed by atoms with van der Waals surface area (Å²) in [5.74, 6) is -0.0568. The third-order valence-electron chi connectivity index (χ3n) is 6.86. The monoisotopic (exact) mass is 394 g/mol. The number of aryl methyl sites for hydroxylation is 2. The molecule has 0 aliphatic heterocycles. The van der Waals surface area contributed by atoms with Crippen molar-refractivity contribution >= 4 is 24.0 Å². The molecule has 28 heavy (non-hydrogen) atoms. The van der Waals surface area contributed by atoms with Gasteiger partial charge in [0.05, 0.1) is 19.0 Å². The summed E-state index contributed by atoms with van der Waals surface area (Å²) in [4.78, 5) is 0. The SMILES string of the molecule is CCc1cc(-c2c3ccc([Si](C)(C)C(C)C)cc3cc[n+]2C)c(C)c(C)c1F. The largest absolute Gasteiger partial charge is 0.220 e. The van der Waals surface area contributed by atoms with Crippen LogP contribution in [-0.2, 0) is 13.5 Å². The molecule has 0 saturated heterocycles. The van der Waals surface area contributed by atoms with Crippen LogP contribution in [0.15, 0.2) is 36.5 Å². The number of hydrogen-bond donors (Lipinski definition) is 0. The summed E-state index contributed by atoms with van der Waals surface area (Å²) in [7, 11) is 0.600. The standard InChI is InChI=1S/C25H33FNSi/c1-9-19-15-23(17(4)18(5)24(19)26)25-22-11-10-21(28(7,8)16(2)3)14-20(22)12-13-27(25)6/h10-16H,9H2,1-8H3/q+1. The number of benzene rings is 2. The summed E-state index contributed by atoms with van der Waals surface area (Å²) in [5.41, 5.74) is 5.58. The van der Waals surface area contributed by atoms with Gasteiger partial charge in [0, 0.05) is 6.07 Å². The van der Waals surface area contributed by atoms with Crippen LogP contribution >= 0.6 is 0 Å². The second kappa shape index (κ2) is 7.44. The van der Waals surface area contributed by atoms with Crippen molar-refractivity contribution in [1.82, 2.24) is 0 Å². The van der Waals surface area contributed by atoms with Gasteiger partial charge in [0.2, 0.25) is 5.69 Å². The fourth-order valence-electron chi connectivity index (χ4n) is 3.90. The summed E-state index contributed by atoms with van der Waals surface area (Å²) in [5, 5.41) is 4.00. The smallest absolute Gasteiger partial charge is 0.206 e. The van der Waals surface area contributed by atoms with E-state index >= 15 is 0 Å². The molecule has 2 aromatic carbocycles. The minimum absolute atomic E-state index is 0.0568. The molecule has 0 saturated carbocycles. The van der Waals surface area contributed by atoms with Crippen LogP contribution in [0.3, 0.4) is 0 Å². The third kappa shape index (κ3) is 3.30. The molecule has 0 bridgehead atoms. The molecule has 0 amide bonds. The van der Waals surface area contributed by atoms with Crippen LogP contribution in [0, 0.1) is 19.7 Å². The molecule has 0 aliphatic carbocycles. The van der Waals surface area contributed by atoms with Gasteiger partial charge in [-0.3, -0.25) is 0 Å². The highest BCUT2D eigenvalue weighted by atomic mass is 28.3. The average Bonchev–Trinajstić information content (AvgIpc) is 2.66. The molecule has 0 atom stereocenters. The molecule has 1 nitrogen and oxygen atoms in total. The molecule has 0 N–H and O–H groups in total. The molecule has 148 valence electrons. The van der Waals surface area contributed by atoms with Gasteiger partial charge in [-0.15, -0.1) is 0 Å². The number of hydrogen-bond acceptors (Lipinski definition) is 0. The minimum Gasteiger partial charge on any atom is -0.206 e. The van der Waals surface area contributed by atoms with Crippen molar-refractivity contribution in [2.24, 2.45) is 7.05 Å². The Balaban J connectivity index is 2.32. The van der Waals surface area contributed by atoms with Crippen molar-refractivity contribution < 1.29 is 8.96 Å². The lowest BCUT2D eigenvalue weighted by Gasteiger charge is -2.27. The van der Waals surface area contributed by atoms with Crippen molar-refractivity contribution in [3.63, 3.8) is 0 Å². The first-order valence-corrected chi connectivity index (χ1v) is 13.4. The summed E-state index contributed by atoms with van der Waals surface area (Å²) in [6.07, 6.45) is 2.84. The van der Waals surface area contributed by atoms with E-state index < -0.39 is 8.07 Å². The van der Waals surface area contributed by atoms with E-state index in [9.17, 15) is 4.39 Å². The topological polar surface area (TPSA) is 3.88 Å². The Morgan fingerprint density at radius 2 is 1.71 bits per heavy atom. The fraction of sp³-hybridized carbons (Fsp3) is 0.400. The van der Waals surface area contributed by atoms with Crippen LogP contribution in [0.2, 0.25) is 18.6 Å². The third-order valence-corrected chi connectivity index (χ3v) is 11.5. The van der Waals surface area contributed by atoms with Crippen LogP contribution in [0.1, 0.15) is 37.5 Å². The Morgan fingerprint density at radius 3 is 2.32 bits per heavy atom. The molecule has 0 aliphatic rings. The maximum Gasteiger partial charge on any atom is 0.220 e. The Labute approximate surface area is 170 Å². The quantitative estimate of drug-likeness (QED) is 0.379. The van der Waals surface area contributed by atoms with Crippen molar-refractivity contribution in [1.29, 1.82) is 0 Å². The molecular formula is C25H33FNSi+. The summed E-state index contributed by atoms with van der Waals surface area (Å²) >= 11 is 0. The van der Waals surface area contributed by atoms with E-state index in [2.05, 4.69) is 69.0 Å².